The normalized spacial score (nSPS) is 10.8. The second-order valence-corrected chi connectivity index (χ2v) is 4.76. The van der Waals surface area contributed by atoms with Crippen molar-refractivity contribution in [2.75, 3.05) is 21.3 Å². The number of aryl methyl sites for hydroxylation is 1. The molecule has 0 radical (unpaired) electrons. The second kappa shape index (κ2) is 9.96. The molecule has 0 aliphatic carbocycles. The van der Waals surface area contributed by atoms with Crippen molar-refractivity contribution in [3.8, 4) is 11.5 Å². The van der Waals surface area contributed by atoms with Crippen molar-refractivity contribution in [1.29, 1.82) is 0 Å². The van der Waals surface area contributed by atoms with Gasteiger partial charge in [0, 0.05) is 32.3 Å². The lowest BCUT2D eigenvalue weighted by Crippen LogP contribution is -2.37. The quantitative estimate of drug-likeness (QED) is 0.396. The van der Waals surface area contributed by atoms with E-state index in [1.54, 1.807) is 25.9 Å². The molecule has 0 aliphatic heterocycles. The highest BCUT2D eigenvalue weighted by Crippen LogP contribution is 2.24. The highest BCUT2D eigenvalue weighted by molar-refractivity contribution is 14.0. The van der Waals surface area contributed by atoms with E-state index in [2.05, 4.69) is 25.7 Å². The molecule has 2 N–H and O–H groups in total. The molecule has 1 aromatic carbocycles. The zero-order chi connectivity index (χ0) is 16.7. The Hall–Kier alpha value is -2.04. The number of ether oxygens (including phenoxy) is 2. The van der Waals surface area contributed by atoms with Crippen molar-refractivity contribution in [2.45, 2.75) is 13.1 Å². The Morgan fingerprint density at radius 1 is 1.21 bits per heavy atom. The van der Waals surface area contributed by atoms with Crippen molar-refractivity contribution in [2.24, 2.45) is 12.0 Å². The Balaban J connectivity index is 0.00000288. The van der Waals surface area contributed by atoms with E-state index in [1.165, 1.54) is 6.33 Å². The van der Waals surface area contributed by atoms with Gasteiger partial charge in [0.25, 0.3) is 0 Å². The van der Waals surface area contributed by atoms with Gasteiger partial charge in [-0.2, -0.15) is 5.10 Å². The molecular weight excluding hydrogens is 423 g/mol. The van der Waals surface area contributed by atoms with Crippen LogP contribution < -0.4 is 20.1 Å². The summed E-state index contributed by atoms with van der Waals surface area (Å²) in [5.74, 6) is 3.02. The molecule has 8 nitrogen and oxygen atoms in total. The molecule has 24 heavy (non-hydrogen) atoms. The Bertz CT molecular complexity index is 674. The molecule has 0 bridgehead atoms. The number of aliphatic imine (C=N–C) groups is 1. The van der Waals surface area contributed by atoms with Crippen LogP contribution in [0.1, 0.15) is 11.4 Å². The van der Waals surface area contributed by atoms with Crippen molar-refractivity contribution >= 4 is 29.9 Å². The minimum atomic E-state index is 0. The van der Waals surface area contributed by atoms with E-state index in [4.69, 9.17) is 9.47 Å². The summed E-state index contributed by atoms with van der Waals surface area (Å²) in [4.78, 5) is 8.35. The van der Waals surface area contributed by atoms with Gasteiger partial charge in [-0.15, -0.1) is 24.0 Å². The zero-order valence-corrected chi connectivity index (χ0v) is 16.6. The lowest BCUT2D eigenvalue weighted by Gasteiger charge is -2.14. The van der Waals surface area contributed by atoms with E-state index >= 15 is 0 Å². The summed E-state index contributed by atoms with van der Waals surface area (Å²) in [7, 11) is 6.84. The lowest BCUT2D eigenvalue weighted by atomic mass is 10.2. The summed E-state index contributed by atoms with van der Waals surface area (Å²) in [5.41, 5.74) is 1.01. The zero-order valence-electron chi connectivity index (χ0n) is 14.2. The average molecular weight is 446 g/mol. The fourth-order valence-electron chi connectivity index (χ4n) is 2.04. The van der Waals surface area contributed by atoms with Gasteiger partial charge < -0.3 is 20.1 Å². The molecular formula is C15H23IN6O2. The summed E-state index contributed by atoms with van der Waals surface area (Å²) in [6, 6.07) is 5.71. The molecule has 1 heterocycles. The third-order valence-electron chi connectivity index (χ3n) is 3.38. The number of halogens is 1. The number of nitrogens with zero attached hydrogens (tertiary/aromatic N) is 4. The van der Waals surface area contributed by atoms with Crippen LogP contribution in [0.25, 0.3) is 0 Å². The molecule has 0 saturated heterocycles. The van der Waals surface area contributed by atoms with Crippen LogP contribution in [0.5, 0.6) is 11.5 Å². The number of hydrogen-bond acceptors (Lipinski definition) is 5. The maximum atomic E-state index is 5.39. The molecule has 0 amide bonds. The van der Waals surface area contributed by atoms with Crippen LogP contribution in [0.2, 0.25) is 0 Å². The highest BCUT2D eigenvalue weighted by atomic mass is 127. The first kappa shape index (κ1) is 20.0. The van der Waals surface area contributed by atoms with Crippen LogP contribution in [0.3, 0.4) is 0 Å². The van der Waals surface area contributed by atoms with Crippen molar-refractivity contribution in [1.82, 2.24) is 25.4 Å². The van der Waals surface area contributed by atoms with E-state index in [1.807, 2.05) is 25.2 Å². The van der Waals surface area contributed by atoms with Gasteiger partial charge in [0.05, 0.1) is 20.8 Å². The predicted octanol–water partition coefficient (Wildman–Crippen LogP) is 1.32. The average Bonchev–Trinajstić information content (AvgIpc) is 3.00. The van der Waals surface area contributed by atoms with E-state index < -0.39 is 0 Å². The fraction of sp³-hybridized carbons (Fsp3) is 0.400. The Kier molecular flexibility index (Phi) is 8.30. The summed E-state index contributed by atoms with van der Waals surface area (Å²) in [6.07, 6.45) is 1.52. The van der Waals surface area contributed by atoms with Gasteiger partial charge >= 0.3 is 0 Å². The number of nitrogens with one attached hydrogen (secondary N) is 2. The third-order valence-corrected chi connectivity index (χ3v) is 3.38. The largest absolute Gasteiger partial charge is 0.497 e. The second-order valence-electron chi connectivity index (χ2n) is 4.76. The fourth-order valence-corrected chi connectivity index (χ4v) is 2.04. The Morgan fingerprint density at radius 3 is 2.54 bits per heavy atom. The summed E-state index contributed by atoms with van der Waals surface area (Å²) in [6.45, 7) is 1.11. The maximum absolute atomic E-state index is 5.39. The van der Waals surface area contributed by atoms with Crippen LogP contribution in [0, 0.1) is 0 Å². The minimum absolute atomic E-state index is 0. The van der Waals surface area contributed by atoms with E-state index in [0.29, 0.717) is 19.0 Å². The van der Waals surface area contributed by atoms with Crippen LogP contribution in [0.15, 0.2) is 29.5 Å². The molecule has 2 aromatic rings. The highest BCUT2D eigenvalue weighted by Gasteiger charge is 2.07. The van der Waals surface area contributed by atoms with Gasteiger partial charge in [0.1, 0.15) is 23.7 Å². The van der Waals surface area contributed by atoms with E-state index in [-0.39, 0.29) is 24.0 Å². The SMILES string of the molecule is CN=C(NCc1ccc(OC)cc1OC)NCc1ncnn1C.I. The smallest absolute Gasteiger partial charge is 0.191 e. The van der Waals surface area contributed by atoms with Crippen molar-refractivity contribution in [3.63, 3.8) is 0 Å². The standard InChI is InChI=1S/C15H22N6O2.HI/c1-16-15(18-9-14-19-10-20-21(14)2)17-8-11-5-6-12(22-3)7-13(11)23-4;/h5-7,10H,8-9H2,1-4H3,(H2,16,17,18);1H. The van der Waals surface area contributed by atoms with Gasteiger partial charge in [0.15, 0.2) is 5.96 Å². The van der Waals surface area contributed by atoms with Crippen LogP contribution in [-0.2, 0) is 20.1 Å². The number of hydrogen-bond donors (Lipinski definition) is 2. The number of guanidine groups is 1. The molecule has 132 valence electrons. The molecule has 2 rings (SSSR count). The van der Waals surface area contributed by atoms with Gasteiger partial charge in [-0.05, 0) is 12.1 Å². The van der Waals surface area contributed by atoms with Gasteiger partial charge in [-0.25, -0.2) is 4.98 Å². The molecule has 0 aliphatic rings. The summed E-state index contributed by atoms with van der Waals surface area (Å²) >= 11 is 0. The Morgan fingerprint density at radius 2 is 1.96 bits per heavy atom. The number of rotatable bonds is 6. The number of methoxy groups -OCH3 is 2. The van der Waals surface area contributed by atoms with Gasteiger partial charge in [0.2, 0.25) is 0 Å². The number of benzene rings is 1. The third kappa shape index (κ3) is 5.25. The van der Waals surface area contributed by atoms with Crippen LogP contribution >= 0.6 is 24.0 Å². The summed E-state index contributed by atoms with van der Waals surface area (Å²) in [5, 5.41) is 10.5. The molecule has 9 heteroatoms. The molecule has 0 spiro atoms. The van der Waals surface area contributed by atoms with E-state index in [9.17, 15) is 0 Å². The van der Waals surface area contributed by atoms with Crippen molar-refractivity contribution in [3.05, 3.63) is 35.9 Å². The maximum Gasteiger partial charge on any atom is 0.191 e. The molecule has 0 unspecified atom stereocenters. The molecule has 0 atom stereocenters. The molecule has 0 fully saturated rings. The van der Waals surface area contributed by atoms with E-state index in [0.717, 1.165) is 22.9 Å². The Labute approximate surface area is 158 Å². The monoisotopic (exact) mass is 446 g/mol. The predicted molar refractivity (Wildman–Crippen MR) is 103 cm³/mol. The molecule has 1 aromatic heterocycles. The first-order valence-electron chi connectivity index (χ1n) is 7.16. The molecule has 0 saturated carbocycles. The van der Waals surface area contributed by atoms with Crippen LogP contribution in [0.4, 0.5) is 0 Å². The van der Waals surface area contributed by atoms with Crippen LogP contribution in [-0.4, -0.2) is 42.0 Å². The van der Waals surface area contributed by atoms with Crippen molar-refractivity contribution < 1.29 is 9.47 Å². The lowest BCUT2D eigenvalue weighted by molar-refractivity contribution is 0.390. The van der Waals surface area contributed by atoms with Gasteiger partial charge in [-0.3, -0.25) is 9.67 Å². The minimum Gasteiger partial charge on any atom is -0.497 e. The van der Waals surface area contributed by atoms with Gasteiger partial charge in [-0.1, -0.05) is 0 Å². The summed E-state index contributed by atoms with van der Waals surface area (Å²) < 4.78 is 12.3. The topological polar surface area (TPSA) is 85.6 Å². The first-order valence-corrected chi connectivity index (χ1v) is 7.16. The number of aromatic nitrogens is 3. The first-order chi connectivity index (χ1) is 11.2.